The Morgan fingerprint density at radius 2 is 1.70 bits per heavy atom. The van der Waals surface area contributed by atoms with Gasteiger partial charge < -0.3 is 25.3 Å². The van der Waals surface area contributed by atoms with Crippen LogP contribution in [0.4, 0.5) is 26.0 Å². The van der Waals surface area contributed by atoms with Gasteiger partial charge in [0.2, 0.25) is 17.7 Å². The second-order valence-electron chi connectivity index (χ2n) is 7.55. The molecular formula is C23H23F2N5O3. The van der Waals surface area contributed by atoms with Gasteiger partial charge in [0.1, 0.15) is 17.2 Å². The van der Waals surface area contributed by atoms with Crippen LogP contribution in [0.2, 0.25) is 0 Å². The van der Waals surface area contributed by atoms with Crippen LogP contribution in [-0.2, 0) is 4.79 Å². The molecule has 8 nitrogen and oxygen atoms in total. The van der Waals surface area contributed by atoms with E-state index in [4.69, 9.17) is 10.2 Å². The Morgan fingerprint density at radius 3 is 2.27 bits per heavy atom. The van der Waals surface area contributed by atoms with Crippen LogP contribution < -0.4 is 16.0 Å². The minimum Gasteiger partial charge on any atom is -0.419 e. The zero-order valence-corrected chi connectivity index (χ0v) is 18.0. The van der Waals surface area contributed by atoms with Gasteiger partial charge in [0, 0.05) is 44.0 Å². The van der Waals surface area contributed by atoms with Gasteiger partial charge in [-0.15, -0.1) is 0 Å². The number of nitrogens with one attached hydrogen (secondary N) is 1. The number of carbonyl (C=O) groups excluding carboxylic acids is 2. The van der Waals surface area contributed by atoms with Gasteiger partial charge in [-0.25, -0.2) is 13.8 Å². The minimum absolute atomic E-state index is 0.111. The molecule has 0 spiro atoms. The van der Waals surface area contributed by atoms with Crippen molar-refractivity contribution in [2.75, 3.05) is 36.4 Å². The number of hydrogen-bond acceptors (Lipinski definition) is 6. The zero-order chi connectivity index (χ0) is 23.5. The van der Waals surface area contributed by atoms with Crippen LogP contribution in [0.3, 0.4) is 0 Å². The maximum atomic E-state index is 14.1. The third-order valence-corrected chi connectivity index (χ3v) is 5.46. The van der Waals surface area contributed by atoms with Gasteiger partial charge in [0.15, 0.2) is 5.69 Å². The van der Waals surface area contributed by atoms with E-state index in [-0.39, 0.29) is 17.5 Å². The first-order valence-electron chi connectivity index (χ1n) is 10.5. The number of rotatable bonds is 6. The number of nitrogens with zero attached hydrogens (tertiary/aromatic N) is 3. The fourth-order valence-electron chi connectivity index (χ4n) is 3.71. The Morgan fingerprint density at radius 1 is 1.06 bits per heavy atom. The Labute approximate surface area is 189 Å². The van der Waals surface area contributed by atoms with Crippen LogP contribution in [-0.4, -0.2) is 47.9 Å². The van der Waals surface area contributed by atoms with E-state index in [1.165, 1.54) is 6.07 Å². The Balaban J connectivity index is 1.51. The number of hydrogen-bond donors (Lipinski definition) is 2. The summed E-state index contributed by atoms with van der Waals surface area (Å²) < 4.78 is 33.7. The van der Waals surface area contributed by atoms with E-state index in [1.54, 1.807) is 12.1 Å². The first kappa shape index (κ1) is 22.3. The van der Waals surface area contributed by atoms with Crippen molar-refractivity contribution in [2.24, 2.45) is 5.73 Å². The fourth-order valence-corrected chi connectivity index (χ4v) is 3.71. The third-order valence-electron chi connectivity index (χ3n) is 5.46. The summed E-state index contributed by atoms with van der Waals surface area (Å²) in [5.74, 6) is -2.99. The SMILES string of the molecule is CCC(=O)N1CCN(c2ccc(Nc3oc(-c4c(F)cccc4F)nc3C(N)=O)cc2)CC1. The van der Waals surface area contributed by atoms with E-state index in [9.17, 15) is 18.4 Å². The normalized spacial score (nSPS) is 13.8. The van der Waals surface area contributed by atoms with Crippen LogP contribution in [0.25, 0.3) is 11.5 Å². The molecule has 1 aliphatic heterocycles. The lowest BCUT2D eigenvalue weighted by molar-refractivity contribution is -0.131. The highest BCUT2D eigenvalue weighted by Gasteiger charge is 2.24. The van der Waals surface area contributed by atoms with E-state index in [0.29, 0.717) is 25.2 Å². The van der Waals surface area contributed by atoms with Crippen molar-refractivity contribution >= 4 is 29.1 Å². The van der Waals surface area contributed by atoms with Crippen molar-refractivity contribution in [1.82, 2.24) is 9.88 Å². The summed E-state index contributed by atoms with van der Waals surface area (Å²) in [5, 5.41) is 2.90. The Hall–Kier alpha value is -3.95. The predicted octanol–water partition coefficient (Wildman–Crippen LogP) is 3.52. The standard InChI is InChI=1S/C23H23F2N5O3/c1-2-18(31)30-12-10-29(11-13-30)15-8-6-14(7-9-15)27-23-20(21(26)32)28-22(33-23)19-16(24)4-3-5-17(19)25/h3-9,27H,2,10-13H2,1H3,(H2,26,32). The van der Waals surface area contributed by atoms with Gasteiger partial charge in [-0.1, -0.05) is 13.0 Å². The van der Waals surface area contributed by atoms with Crippen molar-refractivity contribution in [2.45, 2.75) is 13.3 Å². The van der Waals surface area contributed by atoms with Crippen molar-refractivity contribution in [3.05, 3.63) is 59.8 Å². The summed E-state index contributed by atoms with van der Waals surface area (Å²) in [5.41, 5.74) is 6.17. The third kappa shape index (κ3) is 4.64. The van der Waals surface area contributed by atoms with Gasteiger partial charge in [-0.2, -0.15) is 0 Å². The molecule has 0 aliphatic carbocycles. The number of anilines is 3. The molecule has 2 heterocycles. The highest BCUT2D eigenvalue weighted by Crippen LogP contribution is 2.31. The average Bonchev–Trinajstić information content (AvgIpc) is 3.22. The summed E-state index contributed by atoms with van der Waals surface area (Å²) in [6.07, 6.45) is 0.501. The Kier molecular flexibility index (Phi) is 6.25. The molecule has 33 heavy (non-hydrogen) atoms. The number of carbonyl (C=O) groups is 2. The topological polar surface area (TPSA) is 105 Å². The molecule has 0 unspecified atom stereocenters. The molecule has 172 valence electrons. The second-order valence-corrected chi connectivity index (χ2v) is 7.55. The summed E-state index contributed by atoms with van der Waals surface area (Å²) in [4.78, 5) is 31.6. The number of oxazole rings is 1. The van der Waals surface area contributed by atoms with Gasteiger partial charge in [-0.3, -0.25) is 9.59 Å². The van der Waals surface area contributed by atoms with Gasteiger partial charge in [-0.05, 0) is 36.4 Å². The van der Waals surface area contributed by atoms with Crippen LogP contribution in [0.1, 0.15) is 23.8 Å². The number of halogens is 2. The maximum absolute atomic E-state index is 14.1. The van der Waals surface area contributed by atoms with Crippen LogP contribution >= 0.6 is 0 Å². The van der Waals surface area contributed by atoms with E-state index in [2.05, 4.69) is 15.2 Å². The van der Waals surface area contributed by atoms with E-state index in [1.807, 2.05) is 24.0 Å². The highest BCUT2D eigenvalue weighted by atomic mass is 19.1. The molecule has 10 heteroatoms. The van der Waals surface area contributed by atoms with Crippen LogP contribution in [0.15, 0.2) is 46.9 Å². The minimum atomic E-state index is -0.902. The molecule has 1 fully saturated rings. The molecular weight excluding hydrogens is 432 g/mol. The van der Waals surface area contributed by atoms with Crippen LogP contribution in [0.5, 0.6) is 0 Å². The molecule has 0 saturated carbocycles. The molecule has 0 bridgehead atoms. The number of piperazine rings is 1. The lowest BCUT2D eigenvalue weighted by Gasteiger charge is -2.36. The molecule has 2 amide bonds. The zero-order valence-electron chi connectivity index (χ0n) is 18.0. The molecule has 3 aromatic rings. The van der Waals surface area contributed by atoms with Gasteiger partial charge >= 0.3 is 0 Å². The van der Waals surface area contributed by atoms with E-state index >= 15 is 0 Å². The highest BCUT2D eigenvalue weighted by molar-refractivity contribution is 5.96. The van der Waals surface area contributed by atoms with Crippen molar-refractivity contribution in [1.29, 1.82) is 0 Å². The molecule has 1 aromatic heterocycles. The molecule has 1 aliphatic rings. The molecule has 3 N–H and O–H groups in total. The predicted molar refractivity (Wildman–Crippen MR) is 119 cm³/mol. The number of amides is 2. The van der Waals surface area contributed by atoms with E-state index in [0.717, 1.165) is 30.9 Å². The molecule has 4 rings (SSSR count). The largest absolute Gasteiger partial charge is 0.419 e. The molecule has 0 radical (unpaired) electrons. The van der Waals surface area contributed by atoms with Crippen LogP contribution in [0, 0.1) is 11.6 Å². The number of aromatic nitrogens is 1. The van der Waals surface area contributed by atoms with Gasteiger partial charge in [0.25, 0.3) is 5.91 Å². The summed E-state index contributed by atoms with van der Waals surface area (Å²) in [6, 6.07) is 10.7. The van der Waals surface area contributed by atoms with E-state index < -0.39 is 29.0 Å². The number of nitrogens with two attached hydrogens (primary N) is 1. The summed E-state index contributed by atoms with van der Waals surface area (Å²) in [7, 11) is 0. The monoisotopic (exact) mass is 455 g/mol. The summed E-state index contributed by atoms with van der Waals surface area (Å²) >= 11 is 0. The molecule has 1 saturated heterocycles. The number of benzene rings is 2. The summed E-state index contributed by atoms with van der Waals surface area (Å²) in [6.45, 7) is 4.65. The second kappa shape index (κ2) is 9.27. The smallest absolute Gasteiger partial charge is 0.273 e. The number of primary amides is 1. The Bertz CT molecular complexity index is 1150. The molecule has 2 aromatic carbocycles. The quantitative estimate of drug-likeness (QED) is 0.589. The lowest BCUT2D eigenvalue weighted by Crippen LogP contribution is -2.48. The fraction of sp³-hybridized carbons (Fsp3) is 0.261. The van der Waals surface area contributed by atoms with Gasteiger partial charge in [0.05, 0.1) is 0 Å². The van der Waals surface area contributed by atoms with Crippen molar-refractivity contribution < 1.29 is 22.8 Å². The average molecular weight is 455 g/mol. The first-order valence-corrected chi connectivity index (χ1v) is 10.5. The lowest BCUT2D eigenvalue weighted by atomic mass is 10.2. The van der Waals surface area contributed by atoms with Crippen molar-refractivity contribution in [3.63, 3.8) is 0 Å². The first-order chi connectivity index (χ1) is 15.9. The molecule has 0 atom stereocenters. The maximum Gasteiger partial charge on any atom is 0.273 e. The van der Waals surface area contributed by atoms with Crippen molar-refractivity contribution in [3.8, 4) is 11.5 Å².